The van der Waals surface area contributed by atoms with Crippen molar-refractivity contribution in [2.24, 2.45) is 0 Å². The van der Waals surface area contributed by atoms with Crippen LogP contribution in [0.15, 0.2) is 42.6 Å². The summed E-state index contributed by atoms with van der Waals surface area (Å²) in [5, 5.41) is 21.8. The molecule has 1 aliphatic heterocycles. The van der Waals surface area contributed by atoms with Gasteiger partial charge in [-0.25, -0.2) is 4.98 Å². The minimum absolute atomic E-state index is 0.0201. The number of likely N-dealkylation sites (tertiary alicyclic amines) is 1. The average molecular weight is 356 g/mol. The van der Waals surface area contributed by atoms with E-state index in [1.807, 2.05) is 30.1 Å². The lowest BCUT2D eigenvalue weighted by Crippen LogP contribution is -2.44. The lowest BCUT2D eigenvalue weighted by atomic mass is 10.0. The molecule has 7 nitrogen and oxygen atoms in total. The van der Waals surface area contributed by atoms with Crippen molar-refractivity contribution in [1.82, 2.24) is 9.88 Å². The summed E-state index contributed by atoms with van der Waals surface area (Å²) in [5.41, 5.74) is 1.12. The van der Waals surface area contributed by atoms with Gasteiger partial charge in [-0.2, -0.15) is 0 Å². The number of hydrogen-bond acceptors (Lipinski definition) is 6. The SMILES string of the molecule is Cc1cc([N+](=O)[O-])cnc1N(C)CC1(O)CCN(Cc2ccccc2)C1. The largest absolute Gasteiger partial charge is 0.387 e. The summed E-state index contributed by atoms with van der Waals surface area (Å²) >= 11 is 0. The Morgan fingerprint density at radius 1 is 1.38 bits per heavy atom. The number of aromatic nitrogens is 1. The summed E-state index contributed by atoms with van der Waals surface area (Å²) in [6.45, 7) is 4.49. The lowest BCUT2D eigenvalue weighted by Gasteiger charge is -2.30. The van der Waals surface area contributed by atoms with E-state index in [-0.39, 0.29) is 5.69 Å². The van der Waals surface area contributed by atoms with Crippen LogP contribution >= 0.6 is 0 Å². The van der Waals surface area contributed by atoms with Crippen LogP contribution in [0.25, 0.3) is 0 Å². The van der Waals surface area contributed by atoms with E-state index in [9.17, 15) is 15.2 Å². The van der Waals surface area contributed by atoms with E-state index in [1.165, 1.54) is 17.8 Å². The monoisotopic (exact) mass is 356 g/mol. The van der Waals surface area contributed by atoms with Crippen LogP contribution in [-0.4, -0.2) is 52.2 Å². The Balaban J connectivity index is 1.64. The molecule has 1 saturated heterocycles. The van der Waals surface area contributed by atoms with E-state index < -0.39 is 10.5 Å². The second-order valence-electron chi connectivity index (χ2n) is 7.12. The van der Waals surface area contributed by atoms with E-state index in [2.05, 4.69) is 22.0 Å². The van der Waals surface area contributed by atoms with Crippen LogP contribution in [0.5, 0.6) is 0 Å². The number of nitrogens with zero attached hydrogens (tertiary/aromatic N) is 4. The predicted octanol–water partition coefficient (Wildman–Crippen LogP) is 2.37. The van der Waals surface area contributed by atoms with Gasteiger partial charge >= 0.3 is 0 Å². The lowest BCUT2D eigenvalue weighted by molar-refractivity contribution is -0.385. The number of anilines is 1. The summed E-state index contributed by atoms with van der Waals surface area (Å²) in [4.78, 5) is 18.8. The van der Waals surface area contributed by atoms with Crippen molar-refractivity contribution < 1.29 is 10.0 Å². The molecular formula is C19H24N4O3. The van der Waals surface area contributed by atoms with Gasteiger partial charge < -0.3 is 10.0 Å². The number of aryl methyl sites for hydroxylation is 1. The topological polar surface area (TPSA) is 82.7 Å². The minimum Gasteiger partial charge on any atom is -0.387 e. The van der Waals surface area contributed by atoms with Crippen LogP contribution in [-0.2, 0) is 6.54 Å². The van der Waals surface area contributed by atoms with Gasteiger partial charge in [0.15, 0.2) is 0 Å². The van der Waals surface area contributed by atoms with E-state index in [0.717, 1.165) is 18.7 Å². The molecule has 0 amide bonds. The predicted molar refractivity (Wildman–Crippen MR) is 100 cm³/mol. The first-order chi connectivity index (χ1) is 12.4. The van der Waals surface area contributed by atoms with E-state index in [0.29, 0.717) is 25.3 Å². The van der Waals surface area contributed by atoms with Gasteiger partial charge in [0.05, 0.1) is 10.5 Å². The fraction of sp³-hybridized carbons (Fsp3) is 0.421. The standard InChI is InChI=1S/C19H24N4O3/c1-15-10-17(23(25)26)11-20-18(15)21(2)13-19(24)8-9-22(14-19)12-16-6-4-3-5-7-16/h3-7,10-11,24H,8-9,12-14H2,1-2H3. The van der Waals surface area contributed by atoms with E-state index >= 15 is 0 Å². The summed E-state index contributed by atoms with van der Waals surface area (Å²) in [6.07, 6.45) is 1.95. The molecular weight excluding hydrogens is 332 g/mol. The van der Waals surface area contributed by atoms with Gasteiger partial charge in [0.2, 0.25) is 0 Å². The highest BCUT2D eigenvalue weighted by Gasteiger charge is 2.37. The average Bonchev–Trinajstić information content (AvgIpc) is 2.95. The molecule has 0 spiro atoms. The Morgan fingerprint density at radius 3 is 2.77 bits per heavy atom. The Kier molecular flexibility index (Phi) is 5.20. The van der Waals surface area contributed by atoms with Crippen molar-refractivity contribution >= 4 is 11.5 Å². The number of nitro groups is 1. The minimum atomic E-state index is -0.820. The molecule has 1 unspecified atom stereocenters. The highest BCUT2D eigenvalue weighted by molar-refractivity contribution is 5.50. The molecule has 7 heteroatoms. The number of aliphatic hydroxyl groups is 1. The van der Waals surface area contributed by atoms with Crippen LogP contribution in [0.4, 0.5) is 11.5 Å². The number of pyridine rings is 1. The fourth-order valence-electron chi connectivity index (χ4n) is 3.61. The van der Waals surface area contributed by atoms with Crippen molar-refractivity contribution in [2.75, 3.05) is 31.6 Å². The Bertz CT molecular complexity index is 784. The van der Waals surface area contributed by atoms with Gasteiger partial charge in [0.25, 0.3) is 5.69 Å². The maximum absolute atomic E-state index is 11.0. The quantitative estimate of drug-likeness (QED) is 0.632. The first kappa shape index (κ1) is 18.3. The van der Waals surface area contributed by atoms with Crippen molar-refractivity contribution in [3.63, 3.8) is 0 Å². The second-order valence-corrected chi connectivity index (χ2v) is 7.12. The molecule has 138 valence electrons. The molecule has 1 aromatic heterocycles. The van der Waals surface area contributed by atoms with Crippen molar-refractivity contribution in [2.45, 2.75) is 25.5 Å². The Hall–Kier alpha value is -2.51. The van der Waals surface area contributed by atoms with Crippen LogP contribution < -0.4 is 4.90 Å². The third-order valence-corrected chi connectivity index (χ3v) is 4.80. The first-order valence-corrected chi connectivity index (χ1v) is 8.67. The van der Waals surface area contributed by atoms with Crippen LogP contribution in [0, 0.1) is 17.0 Å². The van der Waals surface area contributed by atoms with E-state index in [1.54, 1.807) is 6.92 Å². The molecule has 0 radical (unpaired) electrons. The highest BCUT2D eigenvalue weighted by atomic mass is 16.6. The molecule has 1 fully saturated rings. The maximum atomic E-state index is 11.0. The highest BCUT2D eigenvalue weighted by Crippen LogP contribution is 2.27. The molecule has 0 bridgehead atoms. The molecule has 0 saturated carbocycles. The number of likely N-dealkylation sites (N-methyl/N-ethyl adjacent to an activating group) is 1. The smallest absolute Gasteiger partial charge is 0.287 e. The van der Waals surface area contributed by atoms with Gasteiger partial charge in [0, 0.05) is 39.3 Å². The zero-order chi connectivity index (χ0) is 18.7. The fourth-order valence-corrected chi connectivity index (χ4v) is 3.61. The summed E-state index contributed by atoms with van der Waals surface area (Å²) in [7, 11) is 1.86. The molecule has 0 aliphatic carbocycles. The Morgan fingerprint density at radius 2 is 2.12 bits per heavy atom. The number of rotatable bonds is 6. The van der Waals surface area contributed by atoms with Crippen LogP contribution in [0.3, 0.4) is 0 Å². The molecule has 1 N–H and O–H groups in total. The molecule has 1 aromatic carbocycles. The number of benzene rings is 1. The van der Waals surface area contributed by atoms with Gasteiger partial charge in [0.1, 0.15) is 12.0 Å². The molecule has 1 atom stereocenters. The van der Waals surface area contributed by atoms with Crippen LogP contribution in [0.2, 0.25) is 0 Å². The van der Waals surface area contributed by atoms with Gasteiger partial charge in [-0.1, -0.05) is 30.3 Å². The number of hydrogen-bond donors (Lipinski definition) is 1. The van der Waals surface area contributed by atoms with Crippen molar-refractivity contribution in [3.05, 3.63) is 63.8 Å². The normalized spacial score (nSPS) is 20.3. The summed E-state index contributed by atoms with van der Waals surface area (Å²) in [5.74, 6) is 0.658. The third kappa shape index (κ3) is 4.17. The summed E-state index contributed by atoms with van der Waals surface area (Å²) < 4.78 is 0. The van der Waals surface area contributed by atoms with E-state index in [4.69, 9.17) is 0 Å². The number of β-amino-alcohol motifs (C(OH)–C–C–N with tert-alkyl or cyclic N) is 1. The second kappa shape index (κ2) is 7.39. The van der Waals surface area contributed by atoms with Gasteiger partial charge in [-0.15, -0.1) is 0 Å². The summed E-state index contributed by atoms with van der Waals surface area (Å²) in [6, 6.07) is 11.7. The molecule has 2 heterocycles. The molecule has 1 aliphatic rings. The van der Waals surface area contributed by atoms with Crippen LogP contribution in [0.1, 0.15) is 17.5 Å². The zero-order valence-corrected chi connectivity index (χ0v) is 15.1. The van der Waals surface area contributed by atoms with Gasteiger partial charge in [-0.3, -0.25) is 15.0 Å². The zero-order valence-electron chi connectivity index (χ0n) is 15.1. The first-order valence-electron chi connectivity index (χ1n) is 8.67. The third-order valence-electron chi connectivity index (χ3n) is 4.80. The maximum Gasteiger partial charge on any atom is 0.287 e. The van der Waals surface area contributed by atoms with Crippen molar-refractivity contribution in [1.29, 1.82) is 0 Å². The van der Waals surface area contributed by atoms with Crippen molar-refractivity contribution in [3.8, 4) is 0 Å². The molecule has 3 rings (SSSR count). The molecule has 2 aromatic rings. The Labute approximate surface area is 153 Å². The molecule has 26 heavy (non-hydrogen) atoms. The van der Waals surface area contributed by atoms with Gasteiger partial charge in [-0.05, 0) is 24.5 Å².